The molecule has 4 rings (SSSR count). The number of rotatable bonds is 4. The molecule has 61 heavy (non-hydrogen) atoms. The van der Waals surface area contributed by atoms with Crippen LogP contribution in [0.25, 0.3) is 0 Å². The Morgan fingerprint density at radius 3 is 2.26 bits per heavy atom. The van der Waals surface area contributed by atoms with Gasteiger partial charge in [0.15, 0.2) is 0 Å². The van der Waals surface area contributed by atoms with Crippen molar-refractivity contribution < 1.29 is 58.6 Å². The minimum atomic E-state index is -2.42. The number of methoxy groups -OCH3 is 1. The van der Waals surface area contributed by atoms with E-state index in [1.165, 1.54) is 0 Å². The standard InChI is InChI=1S/C48H73NO12/c1-28-13-10-9-11-14-29(2)43(59-8)25-36-18-16-34(7)48(58,61-36)45(55)46(56)49-20-12-15-37(49)47(57)60-44(33(6)23-35-17-19-38(50)42(54)24-35)27-41(53)32(5)22-31(4)40(52)26-39(51)30(3)21-28/h9-11,13-14,22,28,30,32-38,40,42-44,50,52,54,58H,12,15-21,23-27H2,1-8H3/b11-9+,13-10+,29-14+,31-22+/t28-,30-,32-,33-,34-,35+,36+,37?,38-,40+,42-,43+,44+,48-/m1/s1. The van der Waals surface area contributed by atoms with Gasteiger partial charge in [0.25, 0.3) is 11.7 Å². The fourth-order valence-corrected chi connectivity index (χ4v) is 9.38. The van der Waals surface area contributed by atoms with Gasteiger partial charge in [-0.1, -0.05) is 71.1 Å². The average molecular weight is 856 g/mol. The number of ketones is 3. The molecule has 0 spiro atoms. The van der Waals surface area contributed by atoms with Crippen LogP contribution in [0.5, 0.6) is 0 Å². The van der Waals surface area contributed by atoms with E-state index in [-0.39, 0.29) is 61.0 Å². The van der Waals surface area contributed by atoms with Crippen LogP contribution in [0.4, 0.5) is 0 Å². The second-order valence-corrected chi connectivity index (χ2v) is 18.7. The Bertz CT molecular complexity index is 1670. The van der Waals surface area contributed by atoms with Crippen LogP contribution in [0.1, 0.15) is 126 Å². The van der Waals surface area contributed by atoms with E-state index < -0.39 is 77.9 Å². The summed E-state index contributed by atoms with van der Waals surface area (Å²) < 4.78 is 18.0. The number of nitrogens with zero attached hydrogens (tertiary/aromatic N) is 1. The Balaban J connectivity index is 1.64. The summed E-state index contributed by atoms with van der Waals surface area (Å²) in [5.41, 5.74) is 1.37. The number of hydrogen-bond acceptors (Lipinski definition) is 12. The molecule has 13 nitrogen and oxygen atoms in total. The van der Waals surface area contributed by atoms with E-state index in [1.54, 1.807) is 34.0 Å². The van der Waals surface area contributed by atoms with Gasteiger partial charge in [-0.3, -0.25) is 19.2 Å². The fourth-order valence-electron chi connectivity index (χ4n) is 9.38. The highest BCUT2D eigenvalue weighted by atomic mass is 16.6. The number of esters is 1. The van der Waals surface area contributed by atoms with Crippen LogP contribution in [0.15, 0.2) is 47.6 Å². The number of Topliss-reactive ketones (excluding diaryl/α,β-unsaturated/α-hetero) is 3. The molecule has 0 radical (unpaired) electrons. The van der Waals surface area contributed by atoms with Gasteiger partial charge in [-0.25, -0.2) is 4.79 Å². The SMILES string of the molecule is CO[C@H]1C[C@@H]2CC[C@@H](C)[C@@](O)(O2)C(=O)C(=O)N2CCCC2C(=O)O[C@H]([C@H](C)C[C@@H]2CC[C@@H](O)[C@H](O)C2)CC(=O)[C@H](C)/C=C(\C)[C@@H](O)CC(=O)[C@H](C)C[C@H](C)/C=C/C=C/C=C/1C. The van der Waals surface area contributed by atoms with E-state index in [1.807, 2.05) is 58.1 Å². The highest BCUT2D eigenvalue weighted by molar-refractivity contribution is 6.39. The molecule has 0 aromatic rings. The largest absolute Gasteiger partial charge is 0.460 e. The van der Waals surface area contributed by atoms with Gasteiger partial charge < -0.3 is 39.5 Å². The zero-order valence-electron chi connectivity index (χ0n) is 37.7. The van der Waals surface area contributed by atoms with Gasteiger partial charge >= 0.3 is 5.97 Å². The Morgan fingerprint density at radius 2 is 1.57 bits per heavy atom. The molecule has 0 aromatic heterocycles. The molecule has 3 heterocycles. The molecule has 3 aliphatic heterocycles. The van der Waals surface area contributed by atoms with Crippen molar-refractivity contribution in [2.24, 2.45) is 35.5 Å². The molecular formula is C48H73NO12. The maximum absolute atomic E-state index is 14.1. The Morgan fingerprint density at radius 1 is 0.852 bits per heavy atom. The first-order valence-corrected chi connectivity index (χ1v) is 22.5. The third-order valence-corrected chi connectivity index (χ3v) is 13.6. The lowest BCUT2D eigenvalue weighted by atomic mass is 9.78. The normalized spacial score (nSPS) is 40.9. The van der Waals surface area contributed by atoms with E-state index in [9.17, 15) is 44.4 Å². The third-order valence-electron chi connectivity index (χ3n) is 13.6. The molecule has 2 bridgehead atoms. The van der Waals surface area contributed by atoms with Gasteiger partial charge in [-0.15, -0.1) is 0 Å². The number of carbonyl (C=O) groups excluding carboxylic acids is 5. The van der Waals surface area contributed by atoms with Gasteiger partial charge in [0.1, 0.15) is 23.7 Å². The number of aliphatic hydroxyl groups is 4. The summed E-state index contributed by atoms with van der Waals surface area (Å²) in [4.78, 5) is 70.3. The lowest BCUT2D eigenvalue weighted by Crippen LogP contribution is -2.59. The number of aliphatic hydroxyl groups excluding tert-OH is 3. The number of amides is 1. The zero-order chi connectivity index (χ0) is 45.2. The first kappa shape index (κ1) is 50.3. The molecule has 4 N–H and O–H groups in total. The molecule has 342 valence electrons. The van der Waals surface area contributed by atoms with Crippen LogP contribution in [-0.4, -0.2) is 117 Å². The minimum absolute atomic E-state index is 0.00522. The van der Waals surface area contributed by atoms with Crippen LogP contribution in [0, 0.1) is 35.5 Å². The van der Waals surface area contributed by atoms with Crippen LogP contribution < -0.4 is 0 Å². The molecule has 13 heteroatoms. The van der Waals surface area contributed by atoms with E-state index in [4.69, 9.17) is 14.2 Å². The number of fused-ring (bicyclic) bond motifs is 3. The molecule has 1 amide bonds. The smallest absolute Gasteiger partial charge is 0.329 e. The maximum atomic E-state index is 14.1. The Kier molecular flexibility index (Phi) is 18.8. The Labute approximate surface area is 362 Å². The first-order chi connectivity index (χ1) is 28.7. The summed E-state index contributed by atoms with van der Waals surface area (Å²) in [6.07, 6.45) is 10.7. The highest BCUT2D eigenvalue weighted by Crippen LogP contribution is 2.37. The van der Waals surface area contributed by atoms with Gasteiger partial charge in [-0.05, 0) is 101 Å². The molecule has 1 aliphatic carbocycles. The van der Waals surface area contributed by atoms with E-state index in [0.717, 1.165) is 10.5 Å². The van der Waals surface area contributed by atoms with E-state index in [2.05, 4.69) is 0 Å². The summed E-state index contributed by atoms with van der Waals surface area (Å²) in [7, 11) is 1.57. The van der Waals surface area contributed by atoms with E-state index >= 15 is 0 Å². The van der Waals surface area contributed by atoms with Crippen molar-refractivity contribution >= 4 is 29.2 Å². The molecule has 4 aliphatic rings. The maximum Gasteiger partial charge on any atom is 0.329 e. The van der Waals surface area contributed by atoms with Crippen molar-refractivity contribution in [2.75, 3.05) is 13.7 Å². The monoisotopic (exact) mass is 856 g/mol. The summed E-state index contributed by atoms with van der Waals surface area (Å²) >= 11 is 0. The lowest BCUT2D eigenvalue weighted by Gasteiger charge is -2.41. The van der Waals surface area contributed by atoms with E-state index in [0.29, 0.717) is 63.4 Å². The van der Waals surface area contributed by atoms with Gasteiger partial charge in [-0.2, -0.15) is 0 Å². The number of allylic oxidation sites excluding steroid dienone is 6. The molecule has 0 aromatic carbocycles. The predicted molar refractivity (Wildman–Crippen MR) is 230 cm³/mol. The Hall–Kier alpha value is -3.33. The van der Waals surface area contributed by atoms with Crippen LogP contribution >= 0.6 is 0 Å². The average Bonchev–Trinajstić information content (AvgIpc) is 3.71. The quantitative estimate of drug-likeness (QED) is 0.158. The van der Waals surface area contributed by atoms with Crippen molar-refractivity contribution in [3.63, 3.8) is 0 Å². The molecule has 3 fully saturated rings. The number of carbonyl (C=O) groups is 5. The van der Waals surface area contributed by atoms with Crippen molar-refractivity contribution in [2.45, 2.75) is 174 Å². The summed E-state index contributed by atoms with van der Waals surface area (Å²) in [5, 5.41) is 43.4. The fraction of sp³-hybridized carbons (Fsp3) is 0.729. The number of hydrogen-bond donors (Lipinski definition) is 4. The van der Waals surface area contributed by atoms with Crippen molar-refractivity contribution in [1.82, 2.24) is 4.90 Å². The van der Waals surface area contributed by atoms with Crippen molar-refractivity contribution in [1.29, 1.82) is 0 Å². The summed E-state index contributed by atoms with van der Waals surface area (Å²) in [6.45, 7) is 12.8. The zero-order valence-corrected chi connectivity index (χ0v) is 37.7. The first-order valence-electron chi connectivity index (χ1n) is 22.5. The predicted octanol–water partition coefficient (Wildman–Crippen LogP) is 5.51. The minimum Gasteiger partial charge on any atom is -0.460 e. The molecular weight excluding hydrogens is 783 g/mol. The summed E-state index contributed by atoms with van der Waals surface area (Å²) in [6, 6.07) is -1.13. The van der Waals surface area contributed by atoms with Crippen molar-refractivity contribution in [3.8, 4) is 0 Å². The van der Waals surface area contributed by atoms with Crippen molar-refractivity contribution in [3.05, 3.63) is 47.6 Å². The topological polar surface area (TPSA) is 197 Å². The van der Waals surface area contributed by atoms with Gasteiger partial charge in [0.2, 0.25) is 5.79 Å². The number of cyclic esters (lactones) is 1. The van der Waals surface area contributed by atoms with Crippen LogP contribution in [-0.2, 0) is 38.2 Å². The second kappa shape index (κ2) is 22.9. The molecule has 14 atom stereocenters. The van der Waals surface area contributed by atoms with Crippen LogP contribution in [0.3, 0.4) is 0 Å². The molecule has 1 saturated carbocycles. The van der Waals surface area contributed by atoms with Crippen LogP contribution in [0.2, 0.25) is 0 Å². The molecule has 2 saturated heterocycles. The van der Waals surface area contributed by atoms with Gasteiger partial charge in [0, 0.05) is 50.7 Å². The molecule has 1 unspecified atom stereocenters. The number of ether oxygens (including phenoxy) is 3. The third kappa shape index (κ3) is 13.6. The lowest BCUT2D eigenvalue weighted by molar-refractivity contribution is -0.265. The second-order valence-electron chi connectivity index (χ2n) is 18.7. The van der Waals surface area contributed by atoms with Gasteiger partial charge in [0.05, 0.1) is 30.5 Å². The highest BCUT2D eigenvalue weighted by Gasteiger charge is 2.53. The summed E-state index contributed by atoms with van der Waals surface area (Å²) in [5.74, 6) is -7.70.